The topological polar surface area (TPSA) is 55.4 Å². The normalized spacial score (nSPS) is 13.0. The van der Waals surface area contributed by atoms with Gasteiger partial charge < -0.3 is 10.1 Å². The number of carbonyl (C=O) groups excluding carboxylic acids is 2. The average molecular weight is 402 g/mol. The highest BCUT2D eigenvalue weighted by Crippen LogP contribution is 2.26. The predicted octanol–water partition coefficient (Wildman–Crippen LogP) is 4.69. The zero-order valence-corrected chi connectivity index (χ0v) is 15.4. The Morgan fingerprint density at radius 1 is 1.08 bits per heavy atom. The first-order chi connectivity index (χ1) is 12.2. The molecule has 2 atom stereocenters. The zero-order chi connectivity index (χ0) is 19.4. The molecule has 1 amide bonds. The number of hydrogen-bond donors (Lipinski definition) is 1. The van der Waals surface area contributed by atoms with Gasteiger partial charge in [0.05, 0.1) is 6.04 Å². The molecule has 26 heavy (non-hydrogen) atoms. The second-order valence-corrected chi connectivity index (χ2v) is 6.38. The molecule has 4 nitrogen and oxygen atoms in total. The summed E-state index contributed by atoms with van der Waals surface area (Å²) >= 11 is 11.9. The Hall–Kier alpha value is -2.18. The van der Waals surface area contributed by atoms with Crippen LogP contribution in [0.4, 0.5) is 8.78 Å². The lowest BCUT2D eigenvalue weighted by molar-refractivity contribution is -0.129. The minimum atomic E-state index is -1.27. The molecule has 0 spiro atoms. The molecule has 0 unspecified atom stereocenters. The molecule has 0 aliphatic rings. The fraction of sp³-hybridized carbons (Fsp3) is 0.222. The average Bonchev–Trinajstić information content (AvgIpc) is 2.54. The SMILES string of the molecule is C[C@H](OC(=O)c1c(F)cccc1F)C(=O)N[C@@H](C)c1ccc(Cl)cc1Cl. The molecule has 2 aromatic carbocycles. The summed E-state index contributed by atoms with van der Waals surface area (Å²) in [7, 11) is 0. The van der Waals surface area contributed by atoms with E-state index < -0.39 is 41.2 Å². The molecule has 0 saturated heterocycles. The van der Waals surface area contributed by atoms with Crippen molar-refractivity contribution in [3.63, 3.8) is 0 Å². The van der Waals surface area contributed by atoms with Crippen LogP contribution in [-0.2, 0) is 9.53 Å². The lowest BCUT2D eigenvalue weighted by Gasteiger charge is -2.19. The minimum Gasteiger partial charge on any atom is -0.449 e. The molecule has 0 radical (unpaired) electrons. The smallest absolute Gasteiger partial charge is 0.344 e. The van der Waals surface area contributed by atoms with Crippen molar-refractivity contribution in [1.29, 1.82) is 0 Å². The van der Waals surface area contributed by atoms with E-state index in [9.17, 15) is 18.4 Å². The Labute approximate surface area is 159 Å². The van der Waals surface area contributed by atoms with Gasteiger partial charge in [0.2, 0.25) is 0 Å². The number of ether oxygens (including phenoxy) is 1. The minimum absolute atomic E-state index is 0.364. The highest BCUT2D eigenvalue weighted by Gasteiger charge is 2.25. The van der Waals surface area contributed by atoms with Gasteiger partial charge in [0.1, 0.15) is 17.2 Å². The van der Waals surface area contributed by atoms with Crippen molar-refractivity contribution in [1.82, 2.24) is 5.32 Å². The highest BCUT2D eigenvalue weighted by atomic mass is 35.5. The first-order valence-corrected chi connectivity index (χ1v) is 8.36. The van der Waals surface area contributed by atoms with Gasteiger partial charge in [-0.15, -0.1) is 0 Å². The van der Waals surface area contributed by atoms with E-state index in [0.29, 0.717) is 15.6 Å². The molecular weight excluding hydrogens is 387 g/mol. The Balaban J connectivity index is 2.04. The van der Waals surface area contributed by atoms with E-state index in [2.05, 4.69) is 5.32 Å². The van der Waals surface area contributed by atoms with Crippen LogP contribution in [0.5, 0.6) is 0 Å². The van der Waals surface area contributed by atoms with Crippen LogP contribution in [0.1, 0.15) is 35.8 Å². The third kappa shape index (κ3) is 4.71. The van der Waals surface area contributed by atoms with Crippen molar-refractivity contribution in [2.45, 2.75) is 26.0 Å². The standard InChI is InChI=1S/C18H15Cl2F2NO3/c1-9(12-7-6-11(19)8-13(12)20)23-17(24)10(2)26-18(25)16-14(21)4-3-5-15(16)22/h3-10H,1-2H3,(H,23,24)/t9-,10-/m0/s1. The third-order valence-corrected chi connectivity index (χ3v) is 4.17. The molecular formula is C18H15Cl2F2NO3. The van der Waals surface area contributed by atoms with Crippen LogP contribution in [0.25, 0.3) is 0 Å². The van der Waals surface area contributed by atoms with E-state index in [1.54, 1.807) is 19.1 Å². The van der Waals surface area contributed by atoms with Crippen LogP contribution < -0.4 is 5.32 Å². The van der Waals surface area contributed by atoms with Gasteiger partial charge >= 0.3 is 5.97 Å². The lowest BCUT2D eigenvalue weighted by Crippen LogP contribution is -2.37. The van der Waals surface area contributed by atoms with Gasteiger partial charge in [-0.25, -0.2) is 13.6 Å². The molecule has 0 saturated carbocycles. The van der Waals surface area contributed by atoms with Crippen LogP contribution in [0.15, 0.2) is 36.4 Å². The van der Waals surface area contributed by atoms with Crippen molar-refractivity contribution in [2.75, 3.05) is 0 Å². The monoisotopic (exact) mass is 401 g/mol. The second-order valence-electron chi connectivity index (χ2n) is 5.54. The Kier molecular flexibility index (Phi) is 6.56. The van der Waals surface area contributed by atoms with Crippen molar-refractivity contribution < 1.29 is 23.1 Å². The van der Waals surface area contributed by atoms with Gasteiger partial charge in [-0.3, -0.25) is 4.79 Å². The number of nitrogens with one attached hydrogen (secondary N) is 1. The molecule has 0 heterocycles. The number of halogens is 4. The fourth-order valence-electron chi connectivity index (χ4n) is 2.23. The van der Waals surface area contributed by atoms with Crippen LogP contribution in [-0.4, -0.2) is 18.0 Å². The van der Waals surface area contributed by atoms with Crippen LogP contribution >= 0.6 is 23.2 Å². The Morgan fingerprint density at radius 3 is 2.27 bits per heavy atom. The molecule has 1 N–H and O–H groups in total. The maximum atomic E-state index is 13.6. The number of benzene rings is 2. The Bertz CT molecular complexity index is 825. The molecule has 0 aromatic heterocycles. The largest absolute Gasteiger partial charge is 0.449 e. The summed E-state index contributed by atoms with van der Waals surface area (Å²) in [4.78, 5) is 24.1. The summed E-state index contributed by atoms with van der Waals surface area (Å²) in [5.41, 5.74) is -0.232. The van der Waals surface area contributed by atoms with E-state index in [1.165, 1.54) is 13.0 Å². The van der Waals surface area contributed by atoms with E-state index in [1.807, 2.05) is 0 Å². The van der Waals surface area contributed by atoms with E-state index >= 15 is 0 Å². The molecule has 0 bridgehead atoms. The summed E-state index contributed by atoms with van der Waals surface area (Å²) < 4.78 is 32.0. The van der Waals surface area contributed by atoms with E-state index in [4.69, 9.17) is 27.9 Å². The number of rotatable bonds is 5. The van der Waals surface area contributed by atoms with Gasteiger partial charge in [-0.05, 0) is 43.7 Å². The number of esters is 1. The van der Waals surface area contributed by atoms with Gasteiger partial charge in [0.25, 0.3) is 5.91 Å². The number of hydrogen-bond acceptors (Lipinski definition) is 3. The predicted molar refractivity (Wildman–Crippen MR) is 94.3 cm³/mol. The summed E-state index contributed by atoms with van der Waals surface area (Å²) in [6.07, 6.45) is -1.27. The molecule has 0 fully saturated rings. The molecule has 2 aromatic rings. The summed E-state index contributed by atoms with van der Waals surface area (Å²) in [6, 6.07) is 7.28. The van der Waals surface area contributed by atoms with Crippen LogP contribution in [0, 0.1) is 11.6 Å². The molecule has 138 valence electrons. The van der Waals surface area contributed by atoms with Gasteiger partial charge in [-0.2, -0.15) is 0 Å². The second kappa shape index (κ2) is 8.47. The quantitative estimate of drug-likeness (QED) is 0.739. The lowest BCUT2D eigenvalue weighted by atomic mass is 10.1. The zero-order valence-electron chi connectivity index (χ0n) is 13.9. The summed E-state index contributed by atoms with van der Waals surface area (Å²) in [6.45, 7) is 2.97. The first-order valence-electron chi connectivity index (χ1n) is 7.61. The molecule has 8 heteroatoms. The molecule has 0 aliphatic carbocycles. The van der Waals surface area contributed by atoms with Crippen molar-refractivity contribution in [2.24, 2.45) is 0 Å². The number of amides is 1. The van der Waals surface area contributed by atoms with Gasteiger partial charge in [0, 0.05) is 10.0 Å². The van der Waals surface area contributed by atoms with Crippen molar-refractivity contribution >= 4 is 35.1 Å². The molecule has 0 aliphatic heterocycles. The maximum absolute atomic E-state index is 13.6. The maximum Gasteiger partial charge on any atom is 0.344 e. The third-order valence-electron chi connectivity index (χ3n) is 3.61. The summed E-state index contributed by atoms with van der Waals surface area (Å²) in [5.74, 6) is -4.04. The van der Waals surface area contributed by atoms with E-state index in [0.717, 1.165) is 18.2 Å². The van der Waals surface area contributed by atoms with Gasteiger partial charge in [0.15, 0.2) is 6.10 Å². The molecule has 2 rings (SSSR count). The number of carbonyl (C=O) groups is 2. The van der Waals surface area contributed by atoms with E-state index in [-0.39, 0.29) is 0 Å². The highest BCUT2D eigenvalue weighted by molar-refractivity contribution is 6.35. The Morgan fingerprint density at radius 2 is 1.69 bits per heavy atom. The fourth-order valence-corrected chi connectivity index (χ4v) is 2.80. The van der Waals surface area contributed by atoms with Crippen LogP contribution in [0.3, 0.4) is 0 Å². The van der Waals surface area contributed by atoms with Gasteiger partial charge in [-0.1, -0.05) is 35.3 Å². The summed E-state index contributed by atoms with van der Waals surface area (Å²) in [5, 5.41) is 3.43. The van der Waals surface area contributed by atoms with Crippen LogP contribution in [0.2, 0.25) is 10.0 Å². The van der Waals surface area contributed by atoms with Crippen molar-refractivity contribution in [3.8, 4) is 0 Å². The first kappa shape index (κ1) is 20.1. The van der Waals surface area contributed by atoms with Crippen molar-refractivity contribution in [3.05, 3.63) is 69.2 Å².